The minimum atomic E-state index is -0.0188. The summed E-state index contributed by atoms with van der Waals surface area (Å²) >= 11 is 5.84. The van der Waals surface area contributed by atoms with Crippen molar-refractivity contribution in [3.05, 3.63) is 35.7 Å². The van der Waals surface area contributed by atoms with E-state index in [-0.39, 0.29) is 11.5 Å². The predicted molar refractivity (Wildman–Crippen MR) is 64.9 cm³/mol. The molecule has 6 nitrogen and oxygen atoms in total. The molecule has 90 valence electrons. The number of aromatic hydroxyl groups is 1. The second kappa shape index (κ2) is 4.15. The molecule has 0 amide bonds. The Morgan fingerprint density at radius 2 is 2.17 bits per heavy atom. The van der Waals surface area contributed by atoms with E-state index in [1.54, 1.807) is 12.3 Å². The highest BCUT2D eigenvalue weighted by Crippen LogP contribution is 2.34. The van der Waals surface area contributed by atoms with E-state index in [0.717, 1.165) is 0 Å². The maximum atomic E-state index is 9.67. The quantitative estimate of drug-likeness (QED) is 0.741. The number of ether oxygens (including phenoxy) is 1. The van der Waals surface area contributed by atoms with E-state index in [1.165, 1.54) is 18.5 Å². The van der Waals surface area contributed by atoms with Gasteiger partial charge in [-0.05, 0) is 12.1 Å². The molecule has 0 aliphatic rings. The molecule has 0 aliphatic heterocycles. The number of halogens is 1. The lowest BCUT2D eigenvalue weighted by Crippen LogP contribution is -1.90. The zero-order valence-electron chi connectivity index (χ0n) is 8.96. The summed E-state index contributed by atoms with van der Waals surface area (Å²) in [5, 5.41) is 17.3. The third kappa shape index (κ3) is 1.82. The van der Waals surface area contributed by atoms with E-state index in [0.29, 0.717) is 21.9 Å². The van der Waals surface area contributed by atoms with E-state index in [1.807, 2.05) is 0 Å². The van der Waals surface area contributed by atoms with Gasteiger partial charge >= 0.3 is 0 Å². The van der Waals surface area contributed by atoms with Gasteiger partial charge in [0.15, 0.2) is 17.1 Å². The van der Waals surface area contributed by atoms with Crippen molar-refractivity contribution < 1.29 is 9.84 Å². The first-order valence-electron chi connectivity index (χ1n) is 5.04. The summed E-state index contributed by atoms with van der Waals surface area (Å²) in [7, 11) is 0. The summed E-state index contributed by atoms with van der Waals surface area (Å²) in [6.45, 7) is 0. The number of hydrogen-bond donors (Lipinski definition) is 2. The summed E-state index contributed by atoms with van der Waals surface area (Å²) in [4.78, 5) is 7.98. The van der Waals surface area contributed by atoms with Gasteiger partial charge in [-0.3, -0.25) is 5.10 Å². The number of phenols is 1. The smallest absolute Gasteiger partial charge is 0.233 e. The van der Waals surface area contributed by atoms with Gasteiger partial charge in [-0.2, -0.15) is 5.10 Å². The fraction of sp³-hybridized carbons (Fsp3) is 0. The molecule has 7 heteroatoms. The normalized spacial score (nSPS) is 10.7. The van der Waals surface area contributed by atoms with Gasteiger partial charge in [0.2, 0.25) is 5.88 Å². The van der Waals surface area contributed by atoms with Crippen molar-refractivity contribution in [2.75, 3.05) is 0 Å². The predicted octanol–water partition coefficient (Wildman–Crippen LogP) is 2.50. The SMILES string of the molecule is Oc1ccc(Cl)cc1Oc1ncnc2[nH]ncc12. The Morgan fingerprint density at radius 1 is 1.28 bits per heavy atom. The molecule has 0 saturated carbocycles. The van der Waals surface area contributed by atoms with Crippen LogP contribution in [0.4, 0.5) is 0 Å². The highest BCUT2D eigenvalue weighted by Gasteiger charge is 2.10. The van der Waals surface area contributed by atoms with Gasteiger partial charge in [0, 0.05) is 11.1 Å². The molecule has 0 saturated heterocycles. The molecule has 2 heterocycles. The largest absolute Gasteiger partial charge is 0.504 e. The number of H-pyrrole nitrogens is 1. The van der Waals surface area contributed by atoms with Crippen molar-refractivity contribution >= 4 is 22.6 Å². The van der Waals surface area contributed by atoms with E-state index in [2.05, 4.69) is 20.2 Å². The number of nitrogens with one attached hydrogen (secondary N) is 1. The van der Waals surface area contributed by atoms with Crippen LogP contribution >= 0.6 is 11.6 Å². The maximum absolute atomic E-state index is 9.67. The van der Waals surface area contributed by atoms with Gasteiger partial charge in [0.05, 0.1) is 6.20 Å². The topological polar surface area (TPSA) is 83.9 Å². The molecule has 2 aromatic heterocycles. The number of fused-ring (bicyclic) bond motifs is 1. The van der Waals surface area contributed by atoms with Crippen molar-refractivity contribution in [3.8, 4) is 17.4 Å². The van der Waals surface area contributed by atoms with E-state index < -0.39 is 0 Å². The van der Waals surface area contributed by atoms with Gasteiger partial charge in [-0.25, -0.2) is 9.97 Å². The van der Waals surface area contributed by atoms with Crippen LogP contribution in [0.3, 0.4) is 0 Å². The molecule has 3 rings (SSSR count). The fourth-order valence-electron chi connectivity index (χ4n) is 1.50. The number of aromatic nitrogens is 4. The van der Waals surface area contributed by atoms with Crippen molar-refractivity contribution in [3.63, 3.8) is 0 Å². The van der Waals surface area contributed by atoms with E-state index in [9.17, 15) is 5.11 Å². The molecule has 0 unspecified atom stereocenters. The lowest BCUT2D eigenvalue weighted by molar-refractivity contribution is 0.405. The molecule has 1 aromatic carbocycles. The van der Waals surface area contributed by atoms with Crippen LogP contribution in [0.15, 0.2) is 30.7 Å². The van der Waals surface area contributed by atoms with Crippen molar-refractivity contribution in [1.29, 1.82) is 0 Å². The molecule has 0 spiro atoms. The van der Waals surface area contributed by atoms with Crippen molar-refractivity contribution in [2.24, 2.45) is 0 Å². The summed E-state index contributed by atoms with van der Waals surface area (Å²) in [5.74, 6) is 0.504. The van der Waals surface area contributed by atoms with Gasteiger partial charge in [-0.1, -0.05) is 11.6 Å². The van der Waals surface area contributed by atoms with Crippen LogP contribution in [0.2, 0.25) is 5.02 Å². The molecule has 0 aliphatic carbocycles. The number of nitrogens with zero attached hydrogens (tertiary/aromatic N) is 3. The minimum Gasteiger partial charge on any atom is -0.504 e. The van der Waals surface area contributed by atoms with E-state index >= 15 is 0 Å². The number of hydrogen-bond acceptors (Lipinski definition) is 5. The molecule has 0 fully saturated rings. The molecule has 2 N–H and O–H groups in total. The summed E-state index contributed by atoms with van der Waals surface area (Å²) in [6.07, 6.45) is 2.89. The maximum Gasteiger partial charge on any atom is 0.233 e. The van der Waals surface area contributed by atoms with Gasteiger partial charge in [0.25, 0.3) is 0 Å². The highest BCUT2D eigenvalue weighted by atomic mass is 35.5. The van der Waals surface area contributed by atoms with E-state index in [4.69, 9.17) is 16.3 Å². The van der Waals surface area contributed by atoms with Gasteiger partial charge in [0.1, 0.15) is 11.7 Å². The third-order valence-electron chi connectivity index (χ3n) is 2.34. The lowest BCUT2D eigenvalue weighted by Gasteiger charge is -2.07. The Morgan fingerprint density at radius 3 is 3.06 bits per heavy atom. The summed E-state index contributed by atoms with van der Waals surface area (Å²) in [6, 6.07) is 4.52. The number of aromatic amines is 1. The molecule has 3 aromatic rings. The Balaban J connectivity index is 2.06. The molecule has 0 atom stereocenters. The Bertz CT molecular complexity index is 713. The monoisotopic (exact) mass is 262 g/mol. The van der Waals surface area contributed by atoms with Crippen LogP contribution in [0.25, 0.3) is 11.0 Å². The van der Waals surface area contributed by atoms with Gasteiger partial charge in [-0.15, -0.1) is 0 Å². The average molecular weight is 263 g/mol. The fourth-order valence-corrected chi connectivity index (χ4v) is 1.66. The second-order valence-corrected chi connectivity index (χ2v) is 3.96. The number of rotatable bonds is 2. The standard InChI is InChI=1S/C11H7ClN4O2/c12-6-1-2-8(17)9(3-6)18-11-7-4-15-16-10(7)13-5-14-11/h1-5,17H,(H,13,14,15,16). The number of benzene rings is 1. The average Bonchev–Trinajstić information content (AvgIpc) is 2.83. The molecular formula is C11H7ClN4O2. The second-order valence-electron chi connectivity index (χ2n) is 3.53. The molecular weight excluding hydrogens is 256 g/mol. The first-order chi connectivity index (χ1) is 8.74. The van der Waals surface area contributed by atoms with Crippen LogP contribution in [0, 0.1) is 0 Å². The first kappa shape index (κ1) is 10.8. The molecule has 0 bridgehead atoms. The van der Waals surface area contributed by atoms with Crippen LogP contribution in [0.5, 0.6) is 17.4 Å². The Labute approximate surface area is 106 Å². The van der Waals surface area contributed by atoms with Crippen LogP contribution in [0.1, 0.15) is 0 Å². The zero-order chi connectivity index (χ0) is 12.5. The zero-order valence-corrected chi connectivity index (χ0v) is 9.72. The molecule has 0 radical (unpaired) electrons. The van der Waals surface area contributed by atoms with Crippen LogP contribution in [-0.2, 0) is 0 Å². The summed E-state index contributed by atoms with van der Waals surface area (Å²) in [5.41, 5.74) is 0.557. The number of phenolic OH excluding ortho intramolecular Hbond substituents is 1. The molecule has 18 heavy (non-hydrogen) atoms. The minimum absolute atomic E-state index is 0.0188. The third-order valence-corrected chi connectivity index (χ3v) is 2.58. The van der Waals surface area contributed by atoms with Gasteiger partial charge < -0.3 is 9.84 Å². The van der Waals surface area contributed by atoms with Crippen molar-refractivity contribution in [1.82, 2.24) is 20.2 Å². The first-order valence-corrected chi connectivity index (χ1v) is 5.42. The van der Waals surface area contributed by atoms with Crippen LogP contribution < -0.4 is 4.74 Å². The van der Waals surface area contributed by atoms with Crippen LogP contribution in [-0.4, -0.2) is 25.3 Å². The Hall–Kier alpha value is -2.34. The Kier molecular flexibility index (Phi) is 2.49. The lowest BCUT2D eigenvalue weighted by atomic mass is 10.3. The summed E-state index contributed by atoms with van der Waals surface area (Å²) < 4.78 is 5.52. The highest BCUT2D eigenvalue weighted by molar-refractivity contribution is 6.30. The van der Waals surface area contributed by atoms with Crippen molar-refractivity contribution in [2.45, 2.75) is 0 Å².